The lowest BCUT2D eigenvalue weighted by Gasteiger charge is -1.76. The first kappa shape index (κ1) is 7.70. The van der Waals surface area contributed by atoms with E-state index in [4.69, 9.17) is 11.3 Å². The van der Waals surface area contributed by atoms with Crippen LogP contribution in [-0.2, 0) is 4.74 Å². The van der Waals surface area contributed by atoms with Crippen molar-refractivity contribution >= 4 is 0 Å². The van der Waals surface area contributed by atoms with Crippen molar-refractivity contribution in [2.24, 2.45) is 0 Å². The first-order valence-corrected chi connectivity index (χ1v) is 2.99. The van der Waals surface area contributed by atoms with Gasteiger partial charge in [-0.3, -0.25) is 0 Å². The number of ether oxygens (including phenoxy) is 1. The summed E-state index contributed by atoms with van der Waals surface area (Å²) in [5.74, 6) is 0. The Labute approximate surface area is 51.4 Å². The van der Waals surface area contributed by atoms with E-state index in [-0.39, 0.29) is 0 Å². The number of hydrogen-bond acceptors (Lipinski definition) is 1. The molecule has 1 aliphatic rings. The van der Waals surface area contributed by atoms with Crippen LogP contribution in [0.4, 0.5) is 0 Å². The van der Waals surface area contributed by atoms with Crippen LogP contribution in [-0.4, -0.2) is 13.2 Å². The molecule has 0 spiro atoms. The summed E-state index contributed by atoms with van der Waals surface area (Å²) in [4.78, 5) is 0. The summed E-state index contributed by atoms with van der Waals surface area (Å²) in [7, 11) is 0. The zero-order chi connectivity index (χ0) is 6.24. The molecule has 1 nitrogen and oxygen atoms in total. The molecular formula is C7H13O. The van der Waals surface area contributed by atoms with Crippen molar-refractivity contribution in [2.75, 3.05) is 13.2 Å². The van der Waals surface area contributed by atoms with Gasteiger partial charge in [-0.1, -0.05) is 12.7 Å². The van der Waals surface area contributed by atoms with Crippen LogP contribution in [0.5, 0.6) is 0 Å². The molecule has 0 aromatic rings. The fourth-order valence-corrected chi connectivity index (χ4v) is 0.510. The predicted octanol–water partition coefficient (Wildman–Crippen LogP) is 1.79. The molecule has 0 aliphatic carbocycles. The molecule has 0 saturated carbocycles. The Hall–Kier alpha value is -0.300. The van der Waals surface area contributed by atoms with Crippen LogP contribution in [0.1, 0.15) is 19.8 Å². The maximum atomic E-state index is 4.94. The maximum absolute atomic E-state index is 4.94. The number of rotatable bonds is 0. The normalized spacial score (nSPS) is 16.6. The van der Waals surface area contributed by atoms with E-state index >= 15 is 0 Å². The van der Waals surface area contributed by atoms with E-state index in [1.807, 2.05) is 0 Å². The van der Waals surface area contributed by atoms with Gasteiger partial charge in [0, 0.05) is 13.2 Å². The summed E-state index contributed by atoms with van der Waals surface area (Å²) in [5, 5.41) is 0. The Morgan fingerprint density at radius 1 is 1.38 bits per heavy atom. The average Bonchev–Trinajstić information content (AvgIpc) is 2.17. The molecule has 1 rings (SSSR count). The minimum atomic E-state index is 1.00. The quantitative estimate of drug-likeness (QED) is 0.465. The molecule has 1 heteroatoms. The van der Waals surface area contributed by atoms with Gasteiger partial charge in [0.15, 0.2) is 0 Å². The van der Waals surface area contributed by atoms with E-state index in [0.29, 0.717) is 0 Å². The SMILES string of the molecule is C1CCOC1.[CH]=CC. The highest BCUT2D eigenvalue weighted by molar-refractivity contribution is 4.45. The van der Waals surface area contributed by atoms with Crippen molar-refractivity contribution < 1.29 is 4.74 Å². The van der Waals surface area contributed by atoms with E-state index in [1.165, 1.54) is 18.9 Å². The maximum Gasteiger partial charge on any atom is 0.0466 e. The van der Waals surface area contributed by atoms with Gasteiger partial charge in [0.2, 0.25) is 0 Å². The fraction of sp³-hybridized carbons (Fsp3) is 0.714. The molecule has 0 bridgehead atoms. The second kappa shape index (κ2) is 6.70. The van der Waals surface area contributed by atoms with Crippen LogP contribution < -0.4 is 0 Å². The Morgan fingerprint density at radius 3 is 1.88 bits per heavy atom. The molecule has 1 aliphatic heterocycles. The van der Waals surface area contributed by atoms with Gasteiger partial charge in [0.05, 0.1) is 0 Å². The number of allylic oxidation sites excluding steroid dienone is 1. The van der Waals surface area contributed by atoms with Gasteiger partial charge in [0.1, 0.15) is 0 Å². The monoisotopic (exact) mass is 113 g/mol. The second-order valence-corrected chi connectivity index (χ2v) is 1.65. The van der Waals surface area contributed by atoms with Gasteiger partial charge in [-0.05, 0) is 19.8 Å². The summed E-state index contributed by atoms with van der Waals surface area (Å²) in [6.07, 6.45) is 4.06. The third-order valence-electron chi connectivity index (χ3n) is 0.827. The summed E-state index contributed by atoms with van der Waals surface area (Å²) in [6, 6.07) is 0. The second-order valence-electron chi connectivity index (χ2n) is 1.65. The van der Waals surface area contributed by atoms with Crippen LogP contribution in [0, 0.1) is 6.58 Å². The molecule has 1 fully saturated rings. The van der Waals surface area contributed by atoms with E-state index in [0.717, 1.165) is 13.2 Å². The molecule has 1 heterocycles. The molecule has 0 amide bonds. The Bertz CT molecular complexity index is 38.7. The minimum absolute atomic E-state index is 1.00. The topological polar surface area (TPSA) is 9.23 Å². The Balaban J connectivity index is 0.000000145. The lowest BCUT2D eigenvalue weighted by Crippen LogP contribution is -1.74. The molecule has 1 saturated heterocycles. The van der Waals surface area contributed by atoms with Crippen molar-refractivity contribution in [2.45, 2.75) is 19.8 Å². The number of hydrogen-bond donors (Lipinski definition) is 0. The smallest absolute Gasteiger partial charge is 0.0466 e. The van der Waals surface area contributed by atoms with Crippen LogP contribution in [0.2, 0.25) is 0 Å². The van der Waals surface area contributed by atoms with Gasteiger partial charge in [0.25, 0.3) is 0 Å². The highest BCUT2D eigenvalue weighted by atomic mass is 16.5. The van der Waals surface area contributed by atoms with Crippen LogP contribution >= 0.6 is 0 Å². The zero-order valence-electron chi connectivity index (χ0n) is 5.39. The van der Waals surface area contributed by atoms with E-state index in [2.05, 4.69) is 0 Å². The molecule has 0 aromatic heterocycles. The highest BCUT2D eigenvalue weighted by Crippen LogP contribution is 1.98. The molecule has 0 N–H and O–H groups in total. The molecule has 8 heavy (non-hydrogen) atoms. The Morgan fingerprint density at radius 2 is 1.75 bits per heavy atom. The Kier molecular flexibility index (Phi) is 6.45. The first-order chi connectivity index (χ1) is 3.91. The largest absolute Gasteiger partial charge is 0.381 e. The van der Waals surface area contributed by atoms with Crippen LogP contribution in [0.15, 0.2) is 6.08 Å². The molecule has 0 unspecified atom stereocenters. The highest BCUT2D eigenvalue weighted by Gasteiger charge is 1.94. The molecule has 1 radical (unpaired) electrons. The van der Waals surface area contributed by atoms with Crippen LogP contribution in [0.3, 0.4) is 0 Å². The molecule has 0 aromatic carbocycles. The van der Waals surface area contributed by atoms with Crippen molar-refractivity contribution in [3.05, 3.63) is 12.7 Å². The first-order valence-electron chi connectivity index (χ1n) is 2.99. The summed E-state index contributed by atoms with van der Waals surface area (Å²) < 4.78 is 4.94. The summed E-state index contributed by atoms with van der Waals surface area (Å²) >= 11 is 0. The lowest BCUT2D eigenvalue weighted by atomic mass is 10.4. The van der Waals surface area contributed by atoms with E-state index in [9.17, 15) is 0 Å². The third kappa shape index (κ3) is 5.70. The summed E-state index contributed by atoms with van der Waals surface area (Å²) in [6.45, 7) is 8.50. The molecule has 47 valence electrons. The van der Waals surface area contributed by atoms with E-state index in [1.54, 1.807) is 6.92 Å². The van der Waals surface area contributed by atoms with Gasteiger partial charge in [-0.15, -0.1) is 0 Å². The van der Waals surface area contributed by atoms with Crippen molar-refractivity contribution in [3.8, 4) is 0 Å². The third-order valence-corrected chi connectivity index (χ3v) is 0.827. The molecule has 0 atom stereocenters. The van der Waals surface area contributed by atoms with Crippen LogP contribution in [0.25, 0.3) is 0 Å². The van der Waals surface area contributed by atoms with Gasteiger partial charge < -0.3 is 4.74 Å². The predicted molar refractivity (Wildman–Crippen MR) is 34.6 cm³/mol. The van der Waals surface area contributed by atoms with Crippen molar-refractivity contribution in [1.82, 2.24) is 0 Å². The zero-order valence-corrected chi connectivity index (χ0v) is 5.39. The van der Waals surface area contributed by atoms with Crippen molar-refractivity contribution in [3.63, 3.8) is 0 Å². The molecular weight excluding hydrogens is 100 g/mol. The van der Waals surface area contributed by atoms with Crippen molar-refractivity contribution in [1.29, 1.82) is 0 Å². The standard InChI is InChI=1S/C4H8O.C3H5/c1-2-4-5-3-1;1-3-2/h1-4H2;1,3H,2H3. The lowest BCUT2D eigenvalue weighted by molar-refractivity contribution is 0.198. The van der Waals surface area contributed by atoms with E-state index < -0.39 is 0 Å². The summed E-state index contributed by atoms with van der Waals surface area (Å²) in [5.41, 5.74) is 0. The van der Waals surface area contributed by atoms with Gasteiger partial charge in [-0.25, -0.2) is 0 Å². The average molecular weight is 113 g/mol. The minimum Gasteiger partial charge on any atom is -0.381 e. The van der Waals surface area contributed by atoms with Gasteiger partial charge >= 0.3 is 0 Å². The van der Waals surface area contributed by atoms with Gasteiger partial charge in [-0.2, -0.15) is 0 Å². The fourth-order valence-electron chi connectivity index (χ4n) is 0.510.